The summed E-state index contributed by atoms with van der Waals surface area (Å²) in [6.07, 6.45) is 0.839. The molecule has 3 heteroatoms. The normalized spacial score (nSPS) is 12.8. The third-order valence-electron chi connectivity index (χ3n) is 0.994. The quantitative estimate of drug-likeness (QED) is 0.674. The van der Waals surface area contributed by atoms with E-state index >= 15 is 0 Å². The molecule has 0 fully saturated rings. The Morgan fingerprint density at radius 3 is 2.56 bits per heavy atom. The molecule has 0 rings (SSSR count). The molecule has 9 heavy (non-hydrogen) atoms. The Kier molecular flexibility index (Phi) is 4.77. The second-order valence-electron chi connectivity index (χ2n) is 1.77. The van der Waals surface area contributed by atoms with Gasteiger partial charge < -0.3 is 5.32 Å². The van der Waals surface area contributed by atoms with E-state index in [9.17, 15) is 4.79 Å². The standard InChI is InChI=1S/C6H12BrNO/c1-3-5(7)6(9)8-4-2/h5H,3-4H2,1-2H3,(H,8,9)/t5-/m0/s1. The highest BCUT2D eigenvalue weighted by Gasteiger charge is 2.09. The SMILES string of the molecule is CCNC(=O)[C@@H](Br)CC. The van der Waals surface area contributed by atoms with Crippen LogP contribution in [-0.2, 0) is 4.79 Å². The third kappa shape index (κ3) is 3.51. The molecule has 0 saturated carbocycles. The number of rotatable bonds is 3. The van der Waals surface area contributed by atoms with Crippen LogP contribution in [0.25, 0.3) is 0 Å². The van der Waals surface area contributed by atoms with Crippen molar-refractivity contribution in [2.45, 2.75) is 25.1 Å². The van der Waals surface area contributed by atoms with E-state index in [0.29, 0.717) is 6.54 Å². The van der Waals surface area contributed by atoms with E-state index in [1.165, 1.54) is 0 Å². The van der Waals surface area contributed by atoms with Gasteiger partial charge in [0, 0.05) is 6.54 Å². The van der Waals surface area contributed by atoms with Crippen LogP contribution in [0, 0.1) is 0 Å². The Balaban J connectivity index is 3.46. The van der Waals surface area contributed by atoms with Crippen LogP contribution in [0.4, 0.5) is 0 Å². The minimum Gasteiger partial charge on any atom is -0.355 e. The van der Waals surface area contributed by atoms with Gasteiger partial charge in [-0.1, -0.05) is 22.9 Å². The molecule has 2 nitrogen and oxygen atoms in total. The molecule has 0 aliphatic rings. The Morgan fingerprint density at radius 1 is 1.67 bits per heavy atom. The first-order valence-electron chi connectivity index (χ1n) is 3.14. The number of hydrogen-bond acceptors (Lipinski definition) is 1. The van der Waals surface area contributed by atoms with Gasteiger partial charge in [0.2, 0.25) is 5.91 Å². The van der Waals surface area contributed by atoms with Gasteiger partial charge in [-0.2, -0.15) is 0 Å². The lowest BCUT2D eigenvalue weighted by atomic mass is 10.3. The zero-order valence-electron chi connectivity index (χ0n) is 5.78. The minimum atomic E-state index is -0.0163. The van der Waals surface area contributed by atoms with Gasteiger partial charge in [-0.25, -0.2) is 0 Å². The lowest BCUT2D eigenvalue weighted by molar-refractivity contribution is -0.120. The zero-order valence-corrected chi connectivity index (χ0v) is 7.36. The molecule has 0 unspecified atom stereocenters. The molecule has 0 bridgehead atoms. The summed E-state index contributed by atoms with van der Waals surface area (Å²) in [5, 5.41) is 2.71. The highest BCUT2D eigenvalue weighted by atomic mass is 79.9. The third-order valence-corrected chi connectivity index (χ3v) is 2.06. The van der Waals surface area contributed by atoms with Gasteiger partial charge in [0.05, 0.1) is 4.83 Å². The number of halogens is 1. The van der Waals surface area contributed by atoms with E-state index < -0.39 is 0 Å². The number of carbonyl (C=O) groups is 1. The second-order valence-corrected chi connectivity index (χ2v) is 2.88. The molecule has 0 saturated heterocycles. The molecule has 0 radical (unpaired) electrons. The van der Waals surface area contributed by atoms with Crippen LogP contribution >= 0.6 is 15.9 Å². The molecule has 1 atom stereocenters. The van der Waals surface area contributed by atoms with Crippen LogP contribution in [-0.4, -0.2) is 17.3 Å². The van der Waals surface area contributed by atoms with E-state index in [2.05, 4.69) is 21.2 Å². The summed E-state index contributed by atoms with van der Waals surface area (Å²) >= 11 is 3.23. The second kappa shape index (κ2) is 4.79. The fourth-order valence-electron chi connectivity index (χ4n) is 0.470. The van der Waals surface area contributed by atoms with Gasteiger partial charge in [-0.05, 0) is 13.3 Å². The van der Waals surface area contributed by atoms with Crippen LogP contribution in [0.3, 0.4) is 0 Å². The Bertz CT molecular complexity index is 95.1. The monoisotopic (exact) mass is 193 g/mol. The number of amides is 1. The molecule has 0 aromatic carbocycles. The van der Waals surface area contributed by atoms with E-state index in [-0.39, 0.29) is 10.7 Å². The average Bonchev–Trinajstić information content (AvgIpc) is 1.87. The van der Waals surface area contributed by atoms with Gasteiger partial charge in [0.25, 0.3) is 0 Å². The predicted octanol–water partition coefficient (Wildman–Crippen LogP) is 1.30. The average molecular weight is 194 g/mol. The first-order chi connectivity index (χ1) is 4.22. The lowest BCUT2D eigenvalue weighted by Gasteiger charge is -2.04. The van der Waals surface area contributed by atoms with Crippen molar-refractivity contribution in [2.24, 2.45) is 0 Å². The zero-order chi connectivity index (χ0) is 7.28. The first kappa shape index (κ1) is 8.95. The maximum absolute atomic E-state index is 10.8. The maximum Gasteiger partial charge on any atom is 0.233 e. The van der Waals surface area contributed by atoms with E-state index in [1.807, 2.05) is 13.8 Å². The molecule has 0 aliphatic heterocycles. The topological polar surface area (TPSA) is 29.1 Å². The van der Waals surface area contributed by atoms with Crippen molar-refractivity contribution in [3.05, 3.63) is 0 Å². The predicted molar refractivity (Wildman–Crippen MR) is 41.7 cm³/mol. The number of hydrogen-bond donors (Lipinski definition) is 1. The van der Waals surface area contributed by atoms with Crippen molar-refractivity contribution in [1.82, 2.24) is 5.32 Å². The lowest BCUT2D eigenvalue weighted by Crippen LogP contribution is -2.30. The van der Waals surface area contributed by atoms with Gasteiger partial charge in [-0.15, -0.1) is 0 Å². The number of alkyl halides is 1. The van der Waals surface area contributed by atoms with E-state index in [4.69, 9.17) is 0 Å². The van der Waals surface area contributed by atoms with Crippen molar-refractivity contribution in [3.8, 4) is 0 Å². The summed E-state index contributed by atoms with van der Waals surface area (Å²) in [6.45, 7) is 4.59. The molecule has 0 aliphatic carbocycles. The summed E-state index contributed by atoms with van der Waals surface area (Å²) in [6, 6.07) is 0. The van der Waals surface area contributed by atoms with Gasteiger partial charge in [0.15, 0.2) is 0 Å². The van der Waals surface area contributed by atoms with E-state index in [0.717, 1.165) is 6.42 Å². The van der Waals surface area contributed by atoms with Crippen molar-refractivity contribution in [3.63, 3.8) is 0 Å². The van der Waals surface area contributed by atoms with Gasteiger partial charge in [0.1, 0.15) is 0 Å². The summed E-state index contributed by atoms with van der Waals surface area (Å²) in [5.41, 5.74) is 0. The Morgan fingerprint density at radius 2 is 2.22 bits per heavy atom. The minimum absolute atomic E-state index is 0.0163. The molecular weight excluding hydrogens is 182 g/mol. The van der Waals surface area contributed by atoms with Crippen LogP contribution < -0.4 is 5.32 Å². The summed E-state index contributed by atoms with van der Waals surface area (Å²) in [5.74, 6) is 0.0833. The highest BCUT2D eigenvalue weighted by molar-refractivity contribution is 9.10. The summed E-state index contributed by atoms with van der Waals surface area (Å²) in [4.78, 5) is 10.8. The maximum atomic E-state index is 10.8. The number of nitrogens with one attached hydrogen (secondary N) is 1. The molecule has 1 amide bonds. The van der Waals surface area contributed by atoms with Crippen molar-refractivity contribution < 1.29 is 4.79 Å². The largest absolute Gasteiger partial charge is 0.355 e. The molecule has 1 N–H and O–H groups in total. The molecular formula is C6H12BrNO. The van der Waals surface area contributed by atoms with Gasteiger partial charge >= 0.3 is 0 Å². The van der Waals surface area contributed by atoms with Crippen molar-refractivity contribution in [2.75, 3.05) is 6.54 Å². The molecule has 0 spiro atoms. The number of carbonyl (C=O) groups excluding carboxylic acids is 1. The Labute approximate surface area is 64.1 Å². The van der Waals surface area contributed by atoms with Crippen LogP contribution in [0.15, 0.2) is 0 Å². The highest BCUT2D eigenvalue weighted by Crippen LogP contribution is 2.02. The smallest absolute Gasteiger partial charge is 0.233 e. The molecule has 0 aromatic heterocycles. The first-order valence-corrected chi connectivity index (χ1v) is 4.05. The Hall–Kier alpha value is -0.0500. The van der Waals surface area contributed by atoms with Crippen LogP contribution in [0.5, 0.6) is 0 Å². The molecule has 0 heterocycles. The van der Waals surface area contributed by atoms with Crippen LogP contribution in [0.1, 0.15) is 20.3 Å². The fraction of sp³-hybridized carbons (Fsp3) is 0.833. The fourth-order valence-corrected chi connectivity index (χ4v) is 0.632. The molecule has 0 aromatic rings. The van der Waals surface area contributed by atoms with E-state index in [1.54, 1.807) is 0 Å². The summed E-state index contributed by atoms with van der Waals surface area (Å²) in [7, 11) is 0. The van der Waals surface area contributed by atoms with Crippen molar-refractivity contribution in [1.29, 1.82) is 0 Å². The summed E-state index contributed by atoms with van der Waals surface area (Å²) < 4.78 is 0. The van der Waals surface area contributed by atoms with Crippen LogP contribution in [0.2, 0.25) is 0 Å². The van der Waals surface area contributed by atoms with Gasteiger partial charge in [-0.3, -0.25) is 4.79 Å². The molecule has 54 valence electrons. The van der Waals surface area contributed by atoms with Crippen molar-refractivity contribution >= 4 is 21.8 Å².